The van der Waals surface area contributed by atoms with Gasteiger partial charge in [0.15, 0.2) is 0 Å². The first-order valence-electron chi connectivity index (χ1n) is 12.6. The fourth-order valence-electron chi connectivity index (χ4n) is 4.66. The molecule has 2 fully saturated rings. The Labute approximate surface area is 229 Å². The van der Waals surface area contributed by atoms with E-state index >= 15 is 0 Å². The van der Waals surface area contributed by atoms with Crippen LogP contribution in [-0.4, -0.2) is 89.2 Å². The van der Waals surface area contributed by atoms with Gasteiger partial charge in [-0.05, 0) is 31.5 Å². The average molecular weight is 562 g/mol. The molecule has 0 bridgehead atoms. The van der Waals surface area contributed by atoms with Gasteiger partial charge in [0.1, 0.15) is 41.7 Å². The van der Waals surface area contributed by atoms with E-state index in [4.69, 9.17) is 31.2 Å². The van der Waals surface area contributed by atoms with Crippen molar-refractivity contribution >= 4 is 28.5 Å². The van der Waals surface area contributed by atoms with Crippen molar-refractivity contribution in [1.29, 1.82) is 5.41 Å². The van der Waals surface area contributed by atoms with Crippen LogP contribution >= 0.6 is 11.6 Å². The summed E-state index contributed by atoms with van der Waals surface area (Å²) >= 11 is 6.40. The second-order valence-electron chi connectivity index (χ2n) is 9.63. The third-order valence-electron chi connectivity index (χ3n) is 6.97. The summed E-state index contributed by atoms with van der Waals surface area (Å²) in [5.74, 6) is -0.0671. The van der Waals surface area contributed by atoms with Crippen molar-refractivity contribution in [3.63, 3.8) is 0 Å². The smallest absolute Gasteiger partial charge is 0.147 e. The molecule has 2 saturated heterocycles. The van der Waals surface area contributed by atoms with Gasteiger partial charge in [-0.2, -0.15) is 10.2 Å². The Morgan fingerprint density at radius 1 is 1.36 bits per heavy atom. The van der Waals surface area contributed by atoms with E-state index in [0.29, 0.717) is 59.4 Å². The van der Waals surface area contributed by atoms with E-state index in [1.54, 1.807) is 23.7 Å². The Bertz CT molecular complexity index is 1350. The van der Waals surface area contributed by atoms with E-state index < -0.39 is 24.1 Å². The molecule has 3 aromatic rings. The minimum absolute atomic E-state index is 0.0538. The Morgan fingerprint density at radius 3 is 2.82 bits per heavy atom. The van der Waals surface area contributed by atoms with Gasteiger partial charge in [0.25, 0.3) is 0 Å². The molecule has 3 atom stereocenters. The van der Waals surface area contributed by atoms with Crippen molar-refractivity contribution in [2.24, 2.45) is 5.10 Å². The van der Waals surface area contributed by atoms with E-state index in [1.807, 2.05) is 0 Å². The number of ether oxygens (including phenoxy) is 3. The first-order chi connectivity index (χ1) is 18.8. The summed E-state index contributed by atoms with van der Waals surface area (Å²) in [7, 11) is 1.51. The highest BCUT2D eigenvalue weighted by molar-refractivity contribution is 6.46. The molecule has 3 aromatic heterocycles. The molecule has 0 aromatic carbocycles. The molecular formula is C26H30ClF2N7O3. The average Bonchev–Trinajstić information content (AvgIpc) is 3.26. The first-order valence-corrected chi connectivity index (χ1v) is 13.0. The maximum atomic E-state index is 15.0. The van der Waals surface area contributed by atoms with Gasteiger partial charge in [-0.1, -0.05) is 11.6 Å². The zero-order valence-corrected chi connectivity index (χ0v) is 22.4. The summed E-state index contributed by atoms with van der Waals surface area (Å²) in [6.45, 7) is 4.03. The lowest BCUT2D eigenvalue weighted by Gasteiger charge is -2.42. The quantitative estimate of drug-likeness (QED) is 0.288. The van der Waals surface area contributed by atoms with E-state index in [-0.39, 0.29) is 18.4 Å². The summed E-state index contributed by atoms with van der Waals surface area (Å²) in [6, 6.07) is 4.35. The third kappa shape index (κ3) is 6.03. The summed E-state index contributed by atoms with van der Waals surface area (Å²) in [5, 5.41) is 17.5. The number of alkyl halides is 1. The van der Waals surface area contributed by atoms with E-state index in [0.717, 1.165) is 12.7 Å². The number of hydrogen-bond acceptors (Lipinski definition) is 9. The highest BCUT2D eigenvalue weighted by atomic mass is 35.5. The number of pyridine rings is 2. The van der Waals surface area contributed by atoms with Crippen LogP contribution in [0.15, 0.2) is 41.9 Å². The van der Waals surface area contributed by atoms with Crippen LogP contribution in [0, 0.1) is 11.2 Å². The number of piperidine rings is 1. The van der Waals surface area contributed by atoms with Gasteiger partial charge in [-0.25, -0.2) is 13.3 Å². The van der Waals surface area contributed by atoms with Crippen molar-refractivity contribution in [1.82, 2.24) is 24.9 Å². The van der Waals surface area contributed by atoms with Crippen LogP contribution in [-0.2, 0) is 9.47 Å². The minimum atomic E-state index is -1.10. The molecule has 2 N–H and O–H groups in total. The number of aromatic nitrogens is 3. The minimum Gasteiger partial charge on any atom is -0.488 e. The van der Waals surface area contributed by atoms with Crippen LogP contribution < -0.4 is 10.2 Å². The Morgan fingerprint density at radius 2 is 2.18 bits per heavy atom. The van der Waals surface area contributed by atoms with E-state index in [9.17, 15) is 8.78 Å². The normalized spacial score (nSPS) is 21.5. The number of halogens is 3. The lowest BCUT2D eigenvalue weighted by atomic mass is 10.0. The number of nitrogens with one attached hydrogen (secondary N) is 2. The predicted molar refractivity (Wildman–Crippen MR) is 142 cm³/mol. The fourth-order valence-corrected chi connectivity index (χ4v) is 4.88. The molecule has 0 saturated carbocycles. The molecule has 0 aliphatic carbocycles. The molecule has 208 valence electrons. The van der Waals surface area contributed by atoms with Crippen molar-refractivity contribution < 1.29 is 23.0 Å². The number of methoxy groups -OCH3 is 1. The van der Waals surface area contributed by atoms with Crippen LogP contribution in [0.2, 0.25) is 5.02 Å². The topological polar surface area (TPSA) is 109 Å². The van der Waals surface area contributed by atoms with Crippen LogP contribution in [0.25, 0.3) is 5.52 Å². The second-order valence-corrected chi connectivity index (χ2v) is 10.0. The van der Waals surface area contributed by atoms with E-state index in [1.165, 1.54) is 25.4 Å². The van der Waals surface area contributed by atoms with Crippen molar-refractivity contribution in [3.05, 3.63) is 58.9 Å². The summed E-state index contributed by atoms with van der Waals surface area (Å²) in [4.78, 5) is 6.20. The summed E-state index contributed by atoms with van der Waals surface area (Å²) < 4.78 is 46.7. The molecule has 5 heterocycles. The number of nitrogens with zero attached hydrogens (tertiary/aromatic N) is 5. The first kappa shape index (κ1) is 27.4. The highest BCUT2D eigenvalue weighted by Gasteiger charge is 2.35. The number of fused-ring (bicyclic) bond motifs is 1. The molecule has 0 spiro atoms. The second kappa shape index (κ2) is 11.9. The Kier molecular flexibility index (Phi) is 8.36. The zero-order chi connectivity index (χ0) is 27.5. The molecule has 13 heteroatoms. The van der Waals surface area contributed by atoms with Crippen LogP contribution in [0.4, 0.5) is 8.78 Å². The SMILES string of the molecule is COC(COc1cc(/C(=N/NC2CCN(C3COC3)C[C@@H]2F)C(C)=N)cn2ncc(Cl)c12)c1ccc(F)cn1. The lowest BCUT2D eigenvalue weighted by Crippen LogP contribution is -2.57. The van der Waals surface area contributed by atoms with Gasteiger partial charge in [0.2, 0.25) is 0 Å². The molecule has 2 aliphatic rings. The van der Waals surface area contributed by atoms with Crippen LogP contribution in [0.5, 0.6) is 5.75 Å². The standard InChI is InChI=1S/C26H30ClF2N7O3/c1-15(30)25(34-33-21-5-6-35(11-20(21)29)18-12-38-13-18)16-7-23(26-19(27)9-32-36(26)10-16)39-14-24(37-2)22-4-3-17(28)8-31-22/h3-4,7-10,18,20-21,24,30,33H,5-6,11-14H2,1-2H3/b30-15?,34-25+/t20-,21?,24?/m0/s1. The fraction of sp³-hybridized carbons (Fsp3) is 0.462. The number of hydrazone groups is 1. The molecule has 10 nitrogen and oxygen atoms in total. The van der Waals surface area contributed by atoms with E-state index in [2.05, 4.69) is 25.5 Å². The Hall–Kier alpha value is -3.19. The third-order valence-corrected chi connectivity index (χ3v) is 7.24. The van der Waals surface area contributed by atoms with Gasteiger partial charge in [0.05, 0.1) is 54.1 Å². The number of hydrogen-bond donors (Lipinski definition) is 2. The largest absolute Gasteiger partial charge is 0.488 e. The predicted octanol–water partition coefficient (Wildman–Crippen LogP) is 3.43. The highest BCUT2D eigenvalue weighted by Crippen LogP contribution is 2.30. The summed E-state index contributed by atoms with van der Waals surface area (Å²) in [5.41, 5.74) is 5.02. The molecule has 5 rings (SSSR count). The van der Waals surface area contributed by atoms with Gasteiger partial charge in [-0.3, -0.25) is 9.88 Å². The lowest BCUT2D eigenvalue weighted by molar-refractivity contribution is -0.0818. The van der Waals surface area contributed by atoms with Gasteiger partial charge in [0, 0.05) is 32.0 Å². The van der Waals surface area contributed by atoms with Crippen molar-refractivity contribution in [2.45, 2.75) is 37.7 Å². The molecule has 2 unspecified atom stereocenters. The number of likely N-dealkylation sites (tertiary alicyclic amines) is 1. The molecule has 39 heavy (non-hydrogen) atoms. The van der Waals surface area contributed by atoms with Crippen molar-refractivity contribution in [2.75, 3.05) is 40.0 Å². The van der Waals surface area contributed by atoms with Crippen LogP contribution in [0.3, 0.4) is 0 Å². The number of rotatable bonds is 10. The molecule has 2 aliphatic heterocycles. The molecular weight excluding hydrogens is 532 g/mol. The van der Waals surface area contributed by atoms with Gasteiger partial charge >= 0.3 is 0 Å². The van der Waals surface area contributed by atoms with Gasteiger partial charge in [-0.15, -0.1) is 0 Å². The monoisotopic (exact) mass is 561 g/mol. The maximum absolute atomic E-state index is 15.0. The molecule has 0 radical (unpaired) electrons. The maximum Gasteiger partial charge on any atom is 0.147 e. The zero-order valence-electron chi connectivity index (χ0n) is 21.6. The van der Waals surface area contributed by atoms with Gasteiger partial charge < -0.3 is 25.0 Å². The Balaban J connectivity index is 1.36. The van der Waals surface area contributed by atoms with Crippen LogP contribution in [0.1, 0.15) is 30.7 Å². The van der Waals surface area contributed by atoms with Crippen molar-refractivity contribution in [3.8, 4) is 5.75 Å². The summed E-state index contributed by atoms with van der Waals surface area (Å²) in [6.07, 6.45) is 3.20. The molecule has 0 amide bonds.